The number of unbranched alkanes of at least 4 members (excludes halogenated alkanes) is 9. The van der Waals surface area contributed by atoms with Crippen molar-refractivity contribution < 1.29 is 28.6 Å². The third-order valence-corrected chi connectivity index (χ3v) is 10.8. The monoisotopic (exact) mass is 731 g/mol. The number of amides is 2. The largest absolute Gasteiger partial charge is 0.463 e. The molecule has 0 radical (unpaired) electrons. The highest BCUT2D eigenvalue weighted by atomic mass is 32.2. The Morgan fingerprint density at radius 2 is 1.78 bits per heavy atom. The number of nitrogens with one attached hydrogen (secondary N) is 3. The first kappa shape index (κ1) is 40.2. The van der Waals surface area contributed by atoms with E-state index in [-0.39, 0.29) is 67.6 Å². The molecule has 4 rings (SSSR count). The summed E-state index contributed by atoms with van der Waals surface area (Å²) in [5, 5.41) is 6.43. The molecule has 2 aromatic rings. The zero-order chi connectivity index (χ0) is 36.3. The molecular weight excluding hydrogens is 675 g/mol. The number of imidazole rings is 1. The molecule has 4 atom stereocenters. The van der Waals surface area contributed by atoms with E-state index in [1.54, 1.807) is 4.57 Å². The van der Waals surface area contributed by atoms with E-state index < -0.39 is 5.56 Å². The van der Waals surface area contributed by atoms with Gasteiger partial charge in [-0.1, -0.05) is 64.0 Å². The third-order valence-electron chi connectivity index (χ3n) is 9.27. The Morgan fingerprint density at radius 1 is 1.00 bits per heavy atom. The molecule has 4 heterocycles. The Bertz CT molecular complexity index is 1460. The average Bonchev–Trinajstić information content (AvgIpc) is 3.80. The summed E-state index contributed by atoms with van der Waals surface area (Å²) in [6.45, 7) is 2.66. The Labute approximate surface area is 304 Å². The standard InChI is InChI=1S/C36H57N7O7S/c1-2-3-4-11-16-26(50-30(45)20-15-14-18-28-31-27(23-51-28)39-36(47)40-31)17-12-9-7-5-6-8-10-13-19-29(44)49-22-21-48-25-43-24-38-32-33(43)41-35(37)42-34(32)46/h9,12,24,26-28,31H,2-8,10-11,13-23,25H2,1H3,(H2,39,40,47)(H3,37,41,42,46)/t26-,27+,28+,31+/m1/s1. The van der Waals surface area contributed by atoms with Crippen molar-refractivity contribution in [2.45, 2.75) is 146 Å². The molecule has 0 unspecified atom stereocenters. The number of nitrogens with zero attached hydrogens (tertiary/aromatic N) is 3. The van der Waals surface area contributed by atoms with E-state index in [2.05, 4.69) is 44.7 Å². The summed E-state index contributed by atoms with van der Waals surface area (Å²) >= 11 is 1.91. The minimum atomic E-state index is -0.410. The van der Waals surface area contributed by atoms with Gasteiger partial charge in [0.1, 0.15) is 19.4 Å². The Kier molecular flexibility index (Phi) is 17.6. The molecule has 2 aromatic heterocycles. The molecule has 14 nitrogen and oxygen atoms in total. The number of urea groups is 1. The van der Waals surface area contributed by atoms with Gasteiger partial charge < -0.3 is 30.6 Å². The van der Waals surface area contributed by atoms with Gasteiger partial charge in [0, 0.05) is 30.3 Å². The number of esters is 2. The predicted molar refractivity (Wildman–Crippen MR) is 198 cm³/mol. The van der Waals surface area contributed by atoms with Crippen molar-refractivity contribution in [3.63, 3.8) is 0 Å². The summed E-state index contributed by atoms with van der Waals surface area (Å²) in [5.74, 6) is 0.624. The van der Waals surface area contributed by atoms with Gasteiger partial charge in [0.05, 0.1) is 25.0 Å². The van der Waals surface area contributed by atoms with E-state index in [0.717, 1.165) is 89.2 Å². The van der Waals surface area contributed by atoms with Crippen LogP contribution in [0.1, 0.15) is 116 Å². The lowest BCUT2D eigenvalue weighted by molar-refractivity contribution is -0.149. The van der Waals surface area contributed by atoms with Gasteiger partial charge in [-0.3, -0.25) is 23.9 Å². The molecule has 2 amide bonds. The smallest absolute Gasteiger partial charge is 0.315 e. The first-order valence-electron chi connectivity index (χ1n) is 18.8. The minimum Gasteiger partial charge on any atom is -0.463 e. The number of hydrogen-bond donors (Lipinski definition) is 4. The summed E-state index contributed by atoms with van der Waals surface area (Å²) in [7, 11) is 0. The minimum absolute atomic E-state index is 0.00460. The van der Waals surface area contributed by atoms with Crippen LogP contribution in [0.2, 0.25) is 0 Å². The van der Waals surface area contributed by atoms with E-state index >= 15 is 0 Å². The average molecular weight is 732 g/mol. The number of hydrogen-bond acceptors (Lipinski definition) is 11. The summed E-state index contributed by atoms with van der Waals surface area (Å²) < 4.78 is 18.3. The number of carbonyl (C=O) groups is 3. The SMILES string of the molecule is CCCCCC[C@H](CC=CCCCCCCCC(=O)OCCOCn1cnc2c(=O)[nH]c(N)nc21)OC(=O)CCCC[C@@H]1SC[C@@H]2NC(=O)N[C@@H]21. The van der Waals surface area contributed by atoms with Crippen LogP contribution in [0.4, 0.5) is 10.7 Å². The fraction of sp³-hybridized carbons (Fsp3) is 0.722. The fourth-order valence-electron chi connectivity index (χ4n) is 6.47. The van der Waals surface area contributed by atoms with Gasteiger partial charge in [-0.15, -0.1) is 0 Å². The van der Waals surface area contributed by atoms with Crippen LogP contribution in [0.25, 0.3) is 11.2 Å². The number of nitrogen functional groups attached to an aromatic ring is 1. The lowest BCUT2D eigenvalue weighted by Crippen LogP contribution is -2.36. The molecule has 2 fully saturated rings. The quantitative estimate of drug-likeness (QED) is 0.0413. The van der Waals surface area contributed by atoms with Gasteiger partial charge in [0.15, 0.2) is 11.2 Å². The molecule has 5 N–H and O–H groups in total. The number of anilines is 1. The van der Waals surface area contributed by atoms with Crippen molar-refractivity contribution in [3.05, 3.63) is 28.8 Å². The molecule has 0 saturated carbocycles. The zero-order valence-corrected chi connectivity index (χ0v) is 30.9. The molecule has 0 bridgehead atoms. The molecule has 0 aromatic carbocycles. The van der Waals surface area contributed by atoms with Gasteiger partial charge in [0.2, 0.25) is 5.95 Å². The highest BCUT2D eigenvalue weighted by molar-refractivity contribution is 8.00. The first-order valence-corrected chi connectivity index (χ1v) is 19.9. The number of aromatic amines is 1. The lowest BCUT2D eigenvalue weighted by atomic mass is 10.0. The number of fused-ring (bicyclic) bond motifs is 2. The second kappa shape index (κ2) is 22.4. The first-order chi connectivity index (χ1) is 24.8. The number of ether oxygens (including phenoxy) is 3. The van der Waals surface area contributed by atoms with E-state index in [1.807, 2.05) is 11.8 Å². The molecule has 2 saturated heterocycles. The van der Waals surface area contributed by atoms with Crippen LogP contribution in [0.3, 0.4) is 0 Å². The van der Waals surface area contributed by atoms with Crippen LogP contribution in [0.5, 0.6) is 0 Å². The fourth-order valence-corrected chi connectivity index (χ4v) is 8.01. The number of thioether (sulfide) groups is 1. The summed E-state index contributed by atoms with van der Waals surface area (Å²) in [6, 6.07) is 0.387. The molecule has 284 valence electrons. The number of aromatic nitrogens is 4. The van der Waals surface area contributed by atoms with Crippen molar-refractivity contribution in [1.29, 1.82) is 0 Å². The summed E-state index contributed by atoms with van der Waals surface area (Å²) in [4.78, 5) is 58.7. The number of nitrogens with two attached hydrogens (primary N) is 1. The highest BCUT2D eigenvalue weighted by Crippen LogP contribution is 2.33. The topological polar surface area (TPSA) is 193 Å². The van der Waals surface area contributed by atoms with Crippen molar-refractivity contribution in [2.75, 3.05) is 24.7 Å². The van der Waals surface area contributed by atoms with Gasteiger partial charge in [-0.05, 0) is 44.9 Å². The van der Waals surface area contributed by atoms with E-state index in [1.165, 1.54) is 19.2 Å². The zero-order valence-electron chi connectivity index (χ0n) is 30.1. The van der Waals surface area contributed by atoms with Crippen LogP contribution in [0.15, 0.2) is 23.3 Å². The van der Waals surface area contributed by atoms with Gasteiger partial charge in [0.25, 0.3) is 5.56 Å². The van der Waals surface area contributed by atoms with Crippen molar-refractivity contribution in [2.24, 2.45) is 0 Å². The van der Waals surface area contributed by atoms with Crippen LogP contribution in [0, 0.1) is 0 Å². The van der Waals surface area contributed by atoms with Crippen LogP contribution >= 0.6 is 11.8 Å². The second-order valence-corrected chi connectivity index (χ2v) is 14.7. The predicted octanol–water partition coefficient (Wildman–Crippen LogP) is 5.50. The van der Waals surface area contributed by atoms with E-state index in [4.69, 9.17) is 19.9 Å². The van der Waals surface area contributed by atoms with Crippen LogP contribution in [-0.2, 0) is 30.5 Å². The van der Waals surface area contributed by atoms with Crippen LogP contribution in [-0.4, -0.2) is 79.9 Å². The molecule has 51 heavy (non-hydrogen) atoms. The van der Waals surface area contributed by atoms with Gasteiger partial charge in [-0.25, -0.2) is 9.78 Å². The Balaban J connectivity index is 0.985. The number of carbonyl (C=O) groups excluding carboxylic acids is 3. The molecule has 2 aliphatic heterocycles. The molecular formula is C36H57N7O7S. The number of rotatable bonds is 26. The lowest BCUT2D eigenvalue weighted by Gasteiger charge is -2.18. The molecule has 15 heteroatoms. The van der Waals surface area contributed by atoms with Gasteiger partial charge in [-0.2, -0.15) is 16.7 Å². The van der Waals surface area contributed by atoms with Crippen molar-refractivity contribution >= 4 is 46.8 Å². The maximum atomic E-state index is 12.7. The number of allylic oxidation sites excluding steroid dienone is 1. The molecule has 0 spiro atoms. The highest BCUT2D eigenvalue weighted by Gasteiger charge is 2.42. The third kappa shape index (κ3) is 14.2. The maximum Gasteiger partial charge on any atom is 0.315 e. The Morgan fingerprint density at radius 3 is 2.65 bits per heavy atom. The second-order valence-electron chi connectivity index (χ2n) is 13.4. The Hall–Kier alpha value is -3.59. The van der Waals surface area contributed by atoms with E-state index in [9.17, 15) is 19.2 Å². The van der Waals surface area contributed by atoms with E-state index in [0.29, 0.717) is 23.7 Å². The molecule has 0 aliphatic carbocycles. The van der Waals surface area contributed by atoms with Crippen molar-refractivity contribution in [3.8, 4) is 0 Å². The van der Waals surface area contributed by atoms with Crippen molar-refractivity contribution in [1.82, 2.24) is 30.2 Å². The number of H-pyrrole nitrogens is 1. The normalized spacial score (nSPS) is 18.9. The summed E-state index contributed by atoms with van der Waals surface area (Å²) in [6.07, 6.45) is 21.6. The maximum absolute atomic E-state index is 12.7. The van der Waals surface area contributed by atoms with Crippen LogP contribution < -0.4 is 21.9 Å². The molecule has 2 aliphatic rings. The van der Waals surface area contributed by atoms with Gasteiger partial charge >= 0.3 is 18.0 Å². The summed E-state index contributed by atoms with van der Waals surface area (Å²) in [5.41, 5.74) is 5.71.